The van der Waals surface area contributed by atoms with Crippen molar-refractivity contribution in [1.82, 2.24) is 0 Å². The monoisotopic (exact) mass is 482 g/mol. The molecule has 0 saturated heterocycles. The first kappa shape index (κ1) is 23.6. The van der Waals surface area contributed by atoms with E-state index >= 15 is 0 Å². The summed E-state index contributed by atoms with van der Waals surface area (Å²) in [5.41, 5.74) is 1.11. The molecule has 0 aliphatic carbocycles. The van der Waals surface area contributed by atoms with Crippen LogP contribution < -0.4 is 18.9 Å². The van der Waals surface area contributed by atoms with E-state index in [1.54, 1.807) is 6.92 Å². The fourth-order valence-corrected chi connectivity index (χ4v) is 6.10. The molecule has 2 aromatic carbocycles. The van der Waals surface area contributed by atoms with Gasteiger partial charge in [-0.2, -0.15) is 0 Å². The van der Waals surface area contributed by atoms with Gasteiger partial charge in [-0.05, 0) is 60.9 Å². The van der Waals surface area contributed by atoms with Crippen LogP contribution in [0, 0.1) is 0 Å². The van der Waals surface area contributed by atoms with E-state index in [1.807, 2.05) is 0 Å². The van der Waals surface area contributed by atoms with E-state index in [0.717, 1.165) is 6.08 Å². The lowest BCUT2D eigenvalue weighted by Crippen LogP contribution is -2.36. The summed E-state index contributed by atoms with van der Waals surface area (Å²) in [5, 5.41) is 14.1. The summed E-state index contributed by atoms with van der Waals surface area (Å²) < 4.78 is 62.6. The maximum absolute atomic E-state index is 13.7. The number of hydrogen-bond acceptors (Lipinski definition) is 7. The molecule has 32 heavy (non-hydrogen) atoms. The number of nitrogens with zero attached hydrogens (tertiary/aromatic N) is 1. The van der Waals surface area contributed by atoms with Crippen molar-refractivity contribution >= 4 is 37.8 Å². The molecular formula is C20H22N2O8S2. The van der Waals surface area contributed by atoms with Gasteiger partial charge in [-0.1, -0.05) is 0 Å². The Balaban J connectivity index is 2.20. The Labute approximate surface area is 186 Å². The number of aliphatic carboxylic acids is 1. The van der Waals surface area contributed by atoms with Crippen molar-refractivity contribution in [2.24, 2.45) is 5.14 Å². The van der Waals surface area contributed by atoms with Crippen LogP contribution in [0.2, 0.25) is 0 Å². The molecule has 3 N–H and O–H groups in total. The summed E-state index contributed by atoms with van der Waals surface area (Å²) in [5.74, 6) is -1.13. The topological polar surface area (TPSA) is 153 Å². The Morgan fingerprint density at radius 3 is 2.41 bits per heavy atom. The highest BCUT2D eigenvalue weighted by molar-refractivity contribution is 7.93. The van der Waals surface area contributed by atoms with Gasteiger partial charge < -0.3 is 14.6 Å². The van der Waals surface area contributed by atoms with E-state index in [1.165, 1.54) is 54.9 Å². The van der Waals surface area contributed by atoms with Crippen molar-refractivity contribution in [3.8, 4) is 11.5 Å². The summed E-state index contributed by atoms with van der Waals surface area (Å²) in [7, 11) is -5.54. The quantitative estimate of drug-likeness (QED) is 0.564. The Bertz CT molecular complexity index is 1320. The van der Waals surface area contributed by atoms with Gasteiger partial charge in [-0.3, -0.25) is 4.31 Å². The van der Waals surface area contributed by atoms with Crippen molar-refractivity contribution in [2.45, 2.75) is 29.2 Å². The first-order valence-corrected chi connectivity index (χ1v) is 12.3. The summed E-state index contributed by atoms with van der Waals surface area (Å²) in [4.78, 5) is 10.6. The van der Waals surface area contributed by atoms with Gasteiger partial charge >= 0.3 is 5.97 Å². The number of nitrogens with two attached hydrogens (primary N) is 1. The molecule has 2 aromatic rings. The predicted octanol–water partition coefficient (Wildman–Crippen LogP) is 1.59. The largest absolute Gasteiger partial charge is 0.493 e. The molecule has 0 fully saturated rings. The highest BCUT2D eigenvalue weighted by atomic mass is 32.2. The molecule has 0 amide bonds. The Morgan fingerprint density at radius 1 is 1.16 bits per heavy atom. The zero-order chi connectivity index (χ0) is 23.8. The molecule has 1 atom stereocenters. The molecule has 0 saturated carbocycles. The summed E-state index contributed by atoms with van der Waals surface area (Å²) in [6.45, 7) is 1.69. The van der Waals surface area contributed by atoms with E-state index in [2.05, 4.69) is 0 Å². The molecule has 1 aliphatic rings. The summed E-state index contributed by atoms with van der Waals surface area (Å²) in [6.07, 6.45) is 2.39. The van der Waals surface area contributed by atoms with E-state index in [9.17, 15) is 21.6 Å². The average Bonchev–Trinajstić information content (AvgIpc) is 3.06. The van der Waals surface area contributed by atoms with Crippen molar-refractivity contribution in [2.75, 3.05) is 18.5 Å². The minimum absolute atomic E-state index is 0.0400. The van der Waals surface area contributed by atoms with E-state index in [4.69, 9.17) is 19.7 Å². The molecule has 0 aromatic heterocycles. The Kier molecular flexibility index (Phi) is 6.22. The number of carboxylic acid groups (broad SMARTS) is 1. The van der Waals surface area contributed by atoms with Crippen molar-refractivity contribution in [3.63, 3.8) is 0 Å². The minimum Gasteiger partial charge on any atom is -0.493 e. The number of methoxy groups -OCH3 is 2. The van der Waals surface area contributed by atoms with Crippen LogP contribution in [-0.4, -0.2) is 48.2 Å². The molecule has 10 nitrogen and oxygen atoms in total. The number of fused-ring (bicyclic) bond motifs is 1. The van der Waals surface area contributed by atoms with Crippen LogP contribution in [0.1, 0.15) is 18.1 Å². The van der Waals surface area contributed by atoms with Gasteiger partial charge in [0, 0.05) is 12.1 Å². The van der Waals surface area contributed by atoms with Crippen molar-refractivity contribution in [3.05, 3.63) is 47.5 Å². The normalized spacial score (nSPS) is 16.2. The van der Waals surface area contributed by atoms with Gasteiger partial charge in [-0.25, -0.2) is 26.8 Å². The van der Waals surface area contributed by atoms with Crippen LogP contribution >= 0.6 is 0 Å². The first-order valence-electron chi connectivity index (χ1n) is 9.27. The summed E-state index contributed by atoms with van der Waals surface area (Å²) >= 11 is 0. The molecule has 0 bridgehead atoms. The second-order valence-corrected chi connectivity index (χ2v) is 10.5. The molecule has 1 heterocycles. The van der Waals surface area contributed by atoms with Crippen LogP contribution in [0.15, 0.2) is 46.2 Å². The van der Waals surface area contributed by atoms with Crippen molar-refractivity contribution in [1.29, 1.82) is 0 Å². The predicted molar refractivity (Wildman–Crippen MR) is 117 cm³/mol. The third-order valence-electron chi connectivity index (χ3n) is 4.95. The van der Waals surface area contributed by atoms with Gasteiger partial charge in [0.05, 0.1) is 24.8 Å². The van der Waals surface area contributed by atoms with Crippen LogP contribution in [0.5, 0.6) is 11.5 Å². The molecule has 1 aliphatic heterocycles. The second kappa shape index (κ2) is 8.45. The second-order valence-electron chi connectivity index (χ2n) is 7.12. The number of carbonyl (C=O) groups is 1. The fourth-order valence-electron chi connectivity index (χ4n) is 3.63. The zero-order valence-electron chi connectivity index (χ0n) is 17.5. The number of sulfonamides is 2. The van der Waals surface area contributed by atoms with Crippen LogP contribution in [0.25, 0.3) is 6.08 Å². The number of primary sulfonamides is 1. The molecule has 172 valence electrons. The fraction of sp³-hybridized carbons (Fsp3) is 0.250. The zero-order valence-corrected chi connectivity index (χ0v) is 19.1. The molecule has 0 radical (unpaired) electrons. The lowest BCUT2D eigenvalue weighted by Gasteiger charge is -2.26. The van der Waals surface area contributed by atoms with Gasteiger partial charge in [0.2, 0.25) is 10.0 Å². The Morgan fingerprint density at radius 2 is 1.84 bits per heavy atom. The molecular weight excluding hydrogens is 460 g/mol. The maximum Gasteiger partial charge on any atom is 0.328 e. The number of carboxylic acids is 1. The lowest BCUT2D eigenvalue weighted by atomic mass is 10.1. The van der Waals surface area contributed by atoms with Crippen LogP contribution in [0.3, 0.4) is 0 Å². The van der Waals surface area contributed by atoms with Crippen LogP contribution in [-0.2, 0) is 31.3 Å². The van der Waals surface area contributed by atoms with Gasteiger partial charge in [0.1, 0.15) is 4.90 Å². The lowest BCUT2D eigenvalue weighted by molar-refractivity contribution is -0.131. The third kappa shape index (κ3) is 4.29. The van der Waals surface area contributed by atoms with Crippen molar-refractivity contribution < 1.29 is 36.2 Å². The number of benzene rings is 2. The first-order chi connectivity index (χ1) is 14.9. The number of hydrogen-bond donors (Lipinski definition) is 2. The molecule has 3 rings (SSSR count). The van der Waals surface area contributed by atoms with Crippen LogP contribution in [0.4, 0.5) is 5.69 Å². The van der Waals surface area contributed by atoms with E-state index < -0.39 is 32.1 Å². The maximum atomic E-state index is 13.7. The minimum atomic E-state index is -4.22. The molecule has 1 unspecified atom stereocenters. The third-order valence-corrected chi connectivity index (χ3v) is 7.80. The van der Waals surface area contributed by atoms with E-state index in [-0.39, 0.29) is 33.3 Å². The molecule has 0 spiro atoms. The SMILES string of the molecule is COc1cc(/C=C/C(=O)O)cc(S(=O)(=O)N2c3ccc(S(N)(=O)=O)cc3CC2C)c1OC. The highest BCUT2D eigenvalue weighted by Crippen LogP contribution is 2.43. The Hall–Kier alpha value is -3.09. The standard InChI is InChI=1S/C20H22N2O8S2/c1-12-8-14-11-15(31(21,25)26)5-6-16(14)22(12)32(27,28)18-10-13(4-7-19(23)24)9-17(29-2)20(18)30-3/h4-7,9-12H,8H2,1-3H3,(H,23,24)(H2,21,25,26)/b7-4+. The number of anilines is 1. The van der Waals surface area contributed by atoms with Gasteiger partial charge in [0.15, 0.2) is 11.5 Å². The van der Waals surface area contributed by atoms with Gasteiger partial charge in [-0.15, -0.1) is 0 Å². The van der Waals surface area contributed by atoms with E-state index in [0.29, 0.717) is 11.3 Å². The number of ether oxygens (including phenoxy) is 2. The summed E-state index contributed by atoms with van der Waals surface area (Å²) in [6, 6.07) is 6.23. The van der Waals surface area contributed by atoms with Gasteiger partial charge in [0.25, 0.3) is 10.0 Å². The smallest absolute Gasteiger partial charge is 0.328 e. The highest BCUT2D eigenvalue weighted by Gasteiger charge is 2.39. The number of rotatable bonds is 7. The molecule has 12 heteroatoms. The average molecular weight is 483 g/mol.